The Balaban J connectivity index is 1.80. The average Bonchev–Trinajstić information content (AvgIpc) is 3.15. The molecule has 1 aliphatic carbocycles. The van der Waals surface area contributed by atoms with Crippen molar-refractivity contribution in [1.29, 1.82) is 0 Å². The van der Waals surface area contributed by atoms with Gasteiger partial charge < -0.3 is 14.8 Å². The van der Waals surface area contributed by atoms with Gasteiger partial charge in [0, 0.05) is 28.4 Å². The predicted octanol–water partition coefficient (Wildman–Crippen LogP) is 4.86. The quantitative estimate of drug-likeness (QED) is 0.707. The third-order valence-corrected chi connectivity index (χ3v) is 4.99. The van der Waals surface area contributed by atoms with E-state index in [1.165, 1.54) is 0 Å². The molecule has 5 nitrogen and oxygen atoms in total. The van der Waals surface area contributed by atoms with E-state index in [1.807, 2.05) is 13.0 Å². The number of primary amides is 1. The smallest absolute Gasteiger partial charge is 0.250 e. The molecule has 1 aliphatic rings. The second-order valence-electron chi connectivity index (χ2n) is 6.19. The zero-order chi connectivity index (χ0) is 17.7. The van der Waals surface area contributed by atoms with Gasteiger partial charge in [0.05, 0.1) is 16.3 Å². The highest BCUT2D eigenvalue weighted by molar-refractivity contribution is 6.36. The largest absolute Gasteiger partial charge is 0.366 e. The normalized spacial score (nSPS) is 14.0. The molecule has 0 radical (unpaired) electrons. The zero-order valence-corrected chi connectivity index (χ0v) is 14.9. The van der Waals surface area contributed by atoms with Crippen molar-refractivity contribution in [3.8, 4) is 22.7 Å². The van der Waals surface area contributed by atoms with E-state index < -0.39 is 5.91 Å². The highest BCUT2D eigenvalue weighted by Gasteiger charge is 2.31. The van der Waals surface area contributed by atoms with E-state index in [0.29, 0.717) is 33.1 Å². The number of benzene rings is 1. The van der Waals surface area contributed by atoms with Crippen molar-refractivity contribution in [2.75, 3.05) is 0 Å². The molecule has 128 valence electrons. The molecule has 0 atom stereocenters. The van der Waals surface area contributed by atoms with Crippen LogP contribution in [-0.4, -0.2) is 15.6 Å². The summed E-state index contributed by atoms with van der Waals surface area (Å²) in [6, 6.07) is 9.16. The summed E-state index contributed by atoms with van der Waals surface area (Å²) in [5, 5.41) is 5.18. The van der Waals surface area contributed by atoms with Gasteiger partial charge in [-0.3, -0.25) is 4.79 Å². The van der Waals surface area contributed by atoms with E-state index in [9.17, 15) is 4.79 Å². The van der Waals surface area contributed by atoms with Gasteiger partial charge in [-0.15, -0.1) is 0 Å². The van der Waals surface area contributed by atoms with Crippen LogP contribution in [0.3, 0.4) is 0 Å². The Morgan fingerprint density at radius 2 is 2.04 bits per heavy atom. The molecule has 2 N–H and O–H groups in total. The summed E-state index contributed by atoms with van der Waals surface area (Å²) in [6.07, 6.45) is 2.15. The van der Waals surface area contributed by atoms with Gasteiger partial charge in [0.1, 0.15) is 5.69 Å². The van der Waals surface area contributed by atoms with Crippen LogP contribution in [0.25, 0.3) is 22.7 Å². The van der Waals surface area contributed by atoms with Crippen molar-refractivity contribution in [2.24, 2.45) is 5.73 Å². The number of hydrogen-bond donors (Lipinski definition) is 1. The van der Waals surface area contributed by atoms with E-state index in [-0.39, 0.29) is 0 Å². The molecule has 0 aliphatic heterocycles. The van der Waals surface area contributed by atoms with Crippen molar-refractivity contribution in [3.63, 3.8) is 0 Å². The fraction of sp³-hybridized carbons (Fsp3) is 0.222. The number of hydrogen-bond acceptors (Lipinski definition) is 3. The van der Waals surface area contributed by atoms with Crippen molar-refractivity contribution >= 4 is 29.1 Å². The first-order valence-electron chi connectivity index (χ1n) is 7.90. The third kappa shape index (κ3) is 2.83. The number of amides is 1. The predicted molar refractivity (Wildman–Crippen MR) is 96.9 cm³/mol. The first-order chi connectivity index (χ1) is 12.0. The standard InChI is InChI=1S/C18H15Cl2N3O2/c1-9-13(18(21)24)7-16(23(9)11-3-4-11)17-8-15(22-25-17)12-5-2-10(19)6-14(12)20/h2,5-8,11H,3-4H2,1H3,(H2,21,24). The molecule has 4 rings (SSSR count). The Kier molecular flexibility index (Phi) is 3.85. The molecule has 3 aromatic rings. The molecule has 2 heterocycles. The summed E-state index contributed by atoms with van der Waals surface area (Å²) in [6.45, 7) is 1.90. The zero-order valence-electron chi connectivity index (χ0n) is 13.4. The lowest BCUT2D eigenvalue weighted by Gasteiger charge is -2.07. The molecule has 1 aromatic carbocycles. The molecule has 0 spiro atoms. The summed E-state index contributed by atoms with van der Waals surface area (Å²) < 4.78 is 7.65. The average molecular weight is 376 g/mol. The van der Waals surface area contributed by atoms with Gasteiger partial charge in [0.15, 0.2) is 5.76 Å². The summed E-state index contributed by atoms with van der Waals surface area (Å²) in [5.74, 6) is 0.127. The number of carbonyl (C=O) groups excluding carboxylic acids is 1. The summed E-state index contributed by atoms with van der Waals surface area (Å²) in [7, 11) is 0. The summed E-state index contributed by atoms with van der Waals surface area (Å²) >= 11 is 12.2. The Bertz CT molecular complexity index is 986. The van der Waals surface area contributed by atoms with Gasteiger partial charge in [-0.1, -0.05) is 28.4 Å². The minimum atomic E-state index is -0.446. The maximum atomic E-state index is 11.7. The van der Waals surface area contributed by atoms with Crippen LogP contribution in [0.15, 0.2) is 34.9 Å². The lowest BCUT2D eigenvalue weighted by molar-refractivity contribution is 0.0999. The highest BCUT2D eigenvalue weighted by atomic mass is 35.5. The summed E-state index contributed by atoms with van der Waals surface area (Å²) in [5.41, 5.74) is 9.00. The van der Waals surface area contributed by atoms with Gasteiger partial charge in [0.2, 0.25) is 0 Å². The molecule has 7 heteroatoms. The molecule has 0 saturated heterocycles. The highest BCUT2D eigenvalue weighted by Crippen LogP contribution is 2.42. The van der Waals surface area contributed by atoms with E-state index in [1.54, 1.807) is 24.3 Å². The lowest BCUT2D eigenvalue weighted by Crippen LogP contribution is -2.12. The second kappa shape index (κ2) is 5.93. The van der Waals surface area contributed by atoms with Crippen molar-refractivity contribution in [2.45, 2.75) is 25.8 Å². The first kappa shape index (κ1) is 16.2. The first-order valence-corrected chi connectivity index (χ1v) is 8.65. The van der Waals surface area contributed by atoms with Gasteiger partial charge in [-0.25, -0.2) is 0 Å². The monoisotopic (exact) mass is 375 g/mol. The number of halogens is 2. The molecule has 2 aromatic heterocycles. The van der Waals surface area contributed by atoms with Crippen LogP contribution in [0.5, 0.6) is 0 Å². The van der Waals surface area contributed by atoms with Crippen LogP contribution in [-0.2, 0) is 0 Å². The molecule has 1 saturated carbocycles. The Labute approximate surface area is 154 Å². The minimum absolute atomic E-state index is 0.371. The Morgan fingerprint density at radius 3 is 2.68 bits per heavy atom. The van der Waals surface area contributed by atoms with Crippen LogP contribution in [0.2, 0.25) is 10.0 Å². The van der Waals surface area contributed by atoms with Crippen molar-refractivity contribution in [1.82, 2.24) is 9.72 Å². The molecule has 25 heavy (non-hydrogen) atoms. The second-order valence-corrected chi connectivity index (χ2v) is 7.04. The van der Waals surface area contributed by atoms with Crippen LogP contribution in [0.1, 0.15) is 34.9 Å². The van der Waals surface area contributed by atoms with Crippen LogP contribution >= 0.6 is 23.2 Å². The molecular formula is C18H15Cl2N3O2. The van der Waals surface area contributed by atoms with Crippen molar-refractivity contribution in [3.05, 3.63) is 51.6 Å². The van der Waals surface area contributed by atoms with Gasteiger partial charge in [-0.2, -0.15) is 0 Å². The van der Waals surface area contributed by atoms with Crippen LogP contribution in [0, 0.1) is 6.92 Å². The SMILES string of the molecule is Cc1c(C(N)=O)cc(-c2cc(-c3ccc(Cl)cc3Cl)no2)n1C1CC1. The molecular weight excluding hydrogens is 361 g/mol. The van der Waals surface area contributed by atoms with Crippen molar-refractivity contribution < 1.29 is 9.32 Å². The van der Waals surface area contributed by atoms with E-state index in [4.69, 9.17) is 33.5 Å². The number of aromatic nitrogens is 2. The maximum absolute atomic E-state index is 11.7. The van der Waals surface area contributed by atoms with E-state index in [2.05, 4.69) is 9.72 Å². The van der Waals surface area contributed by atoms with Gasteiger partial charge in [-0.05, 0) is 44.0 Å². The molecule has 0 unspecified atom stereocenters. The lowest BCUT2D eigenvalue weighted by atomic mass is 10.1. The Hall–Kier alpha value is -2.24. The molecule has 1 fully saturated rings. The molecule has 1 amide bonds. The van der Waals surface area contributed by atoms with Crippen LogP contribution < -0.4 is 5.73 Å². The van der Waals surface area contributed by atoms with Gasteiger partial charge >= 0.3 is 0 Å². The Morgan fingerprint density at radius 1 is 1.28 bits per heavy atom. The maximum Gasteiger partial charge on any atom is 0.250 e. The number of rotatable bonds is 4. The van der Waals surface area contributed by atoms with Crippen LogP contribution in [0.4, 0.5) is 0 Å². The third-order valence-electron chi connectivity index (χ3n) is 4.44. The number of nitrogens with zero attached hydrogens (tertiary/aromatic N) is 2. The minimum Gasteiger partial charge on any atom is -0.366 e. The fourth-order valence-electron chi connectivity index (χ4n) is 3.08. The summed E-state index contributed by atoms with van der Waals surface area (Å²) in [4.78, 5) is 11.7. The topological polar surface area (TPSA) is 74.1 Å². The van der Waals surface area contributed by atoms with E-state index in [0.717, 1.165) is 29.8 Å². The van der Waals surface area contributed by atoms with E-state index >= 15 is 0 Å². The number of carbonyl (C=O) groups is 1. The fourth-order valence-corrected chi connectivity index (χ4v) is 3.59. The number of nitrogens with two attached hydrogens (primary N) is 1. The van der Waals surface area contributed by atoms with Gasteiger partial charge in [0.25, 0.3) is 5.91 Å². The molecule has 0 bridgehead atoms.